The van der Waals surface area contributed by atoms with Crippen LogP contribution in [0.4, 0.5) is 0 Å². The van der Waals surface area contributed by atoms with Gasteiger partial charge >= 0.3 is 0 Å². The van der Waals surface area contributed by atoms with Gasteiger partial charge in [-0.25, -0.2) is 0 Å². The summed E-state index contributed by atoms with van der Waals surface area (Å²) in [7, 11) is 1.62. The minimum atomic E-state index is -0.496. The van der Waals surface area contributed by atoms with E-state index in [-0.39, 0.29) is 0 Å². The topological polar surface area (TPSA) is 48.3 Å². The average molecular weight is 285 g/mol. The number of ether oxygens (including phenoxy) is 1. The highest BCUT2D eigenvalue weighted by atomic mass is 16.5. The van der Waals surface area contributed by atoms with Crippen molar-refractivity contribution in [3.05, 3.63) is 47.8 Å². The maximum atomic E-state index is 12.1. The largest absolute Gasteiger partial charge is 0.383 e. The summed E-state index contributed by atoms with van der Waals surface area (Å²) in [6.45, 7) is 3.08. The molecule has 0 atom stereocenters. The zero-order valence-electron chi connectivity index (χ0n) is 12.3. The van der Waals surface area contributed by atoms with Gasteiger partial charge < -0.3 is 9.30 Å². The van der Waals surface area contributed by atoms with E-state index in [2.05, 4.69) is 0 Å². The Labute approximate surface area is 124 Å². The molecule has 1 heterocycles. The Morgan fingerprint density at radius 1 is 1.29 bits per heavy atom. The normalized spacial score (nSPS) is 10.6. The molecule has 2 rings (SSSR count). The van der Waals surface area contributed by atoms with Crippen LogP contribution in [0, 0.1) is 0 Å². The molecule has 0 fully saturated rings. The van der Waals surface area contributed by atoms with Gasteiger partial charge in [0.2, 0.25) is 5.78 Å². The number of benzene rings is 1. The SMILES string of the molecule is CCc1cc(-c2ccccc2)c(C(=O)C=O)n1CCOC. The van der Waals surface area contributed by atoms with E-state index in [0.717, 1.165) is 23.2 Å². The van der Waals surface area contributed by atoms with Crippen LogP contribution in [0.2, 0.25) is 0 Å². The molecule has 21 heavy (non-hydrogen) atoms. The highest BCUT2D eigenvalue weighted by molar-refractivity contribution is 6.34. The number of methoxy groups -OCH3 is 1. The van der Waals surface area contributed by atoms with Gasteiger partial charge in [0.15, 0.2) is 6.29 Å². The first-order valence-electron chi connectivity index (χ1n) is 6.99. The zero-order valence-corrected chi connectivity index (χ0v) is 12.3. The van der Waals surface area contributed by atoms with Gasteiger partial charge in [0, 0.05) is 24.9 Å². The number of carbonyl (C=O) groups is 2. The molecule has 0 aliphatic rings. The van der Waals surface area contributed by atoms with E-state index in [1.165, 1.54) is 0 Å². The molecule has 4 nitrogen and oxygen atoms in total. The first kappa shape index (κ1) is 15.2. The van der Waals surface area contributed by atoms with Crippen LogP contribution in [0.5, 0.6) is 0 Å². The van der Waals surface area contributed by atoms with Crippen LogP contribution in [0.1, 0.15) is 23.1 Å². The standard InChI is InChI=1S/C17H19NO3/c1-3-14-11-15(13-7-5-4-6-8-13)17(16(20)12-19)18(14)9-10-21-2/h4-8,11-12H,3,9-10H2,1-2H3. The molecule has 0 amide bonds. The molecule has 0 unspecified atom stereocenters. The highest BCUT2D eigenvalue weighted by Gasteiger charge is 2.20. The van der Waals surface area contributed by atoms with E-state index in [0.29, 0.717) is 25.1 Å². The Morgan fingerprint density at radius 2 is 2.00 bits per heavy atom. The lowest BCUT2D eigenvalue weighted by molar-refractivity contribution is -0.104. The number of hydrogen-bond acceptors (Lipinski definition) is 3. The molecule has 0 N–H and O–H groups in total. The van der Waals surface area contributed by atoms with Gasteiger partial charge in [0.25, 0.3) is 0 Å². The summed E-state index contributed by atoms with van der Waals surface area (Å²) in [5.41, 5.74) is 3.22. The predicted molar refractivity (Wildman–Crippen MR) is 81.5 cm³/mol. The molecule has 0 spiro atoms. The van der Waals surface area contributed by atoms with Crippen LogP contribution in [-0.4, -0.2) is 30.4 Å². The molecule has 1 aromatic heterocycles. The maximum Gasteiger partial charge on any atom is 0.242 e. The number of ketones is 1. The monoisotopic (exact) mass is 285 g/mol. The molecular formula is C17H19NO3. The van der Waals surface area contributed by atoms with Gasteiger partial charge in [0.05, 0.1) is 6.61 Å². The van der Waals surface area contributed by atoms with Crippen LogP contribution in [0.25, 0.3) is 11.1 Å². The Balaban J connectivity index is 2.61. The summed E-state index contributed by atoms with van der Waals surface area (Å²) < 4.78 is 7.00. The summed E-state index contributed by atoms with van der Waals surface area (Å²) in [6.07, 6.45) is 1.17. The molecule has 0 saturated carbocycles. The lowest BCUT2D eigenvalue weighted by atomic mass is 10.0. The van der Waals surface area contributed by atoms with Crippen molar-refractivity contribution in [2.24, 2.45) is 0 Å². The van der Waals surface area contributed by atoms with Crippen LogP contribution in [-0.2, 0) is 22.5 Å². The van der Waals surface area contributed by atoms with E-state index in [1.807, 2.05) is 47.9 Å². The molecule has 2 aromatic rings. The summed E-state index contributed by atoms with van der Waals surface area (Å²) >= 11 is 0. The van der Waals surface area contributed by atoms with Crippen LogP contribution >= 0.6 is 0 Å². The minimum Gasteiger partial charge on any atom is -0.383 e. The fraction of sp³-hybridized carbons (Fsp3) is 0.294. The number of hydrogen-bond donors (Lipinski definition) is 0. The maximum absolute atomic E-state index is 12.1. The molecule has 0 radical (unpaired) electrons. The quantitative estimate of drug-likeness (QED) is 0.446. The molecule has 0 saturated heterocycles. The second kappa shape index (κ2) is 6.99. The predicted octanol–water partition coefficient (Wildman–Crippen LogP) is 2.75. The van der Waals surface area contributed by atoms with Gasteiger partial charge in [0.1, 0.15) is 5.69 Å². The van der Waals surface area contributed by atoms with Gasteiger partial charge in [-0.05, 0) is 18.1 Å². The fourth-order valence-corrected chi connectivity index (χ4v) is 2.49. The van der Waals surface area contributed by atoms with Crippen molar-refractivity contribution in [1.29, 1.82) is 0 Å². The highest BCUT2D eigenvalue weighted by Crippen LogP contribution is 2.28. The van der Waals surface area contributed by atoms with Crippen molar-refractivity contribution in [3.63, 3.8) is 0 Å². The van der Waals surface area contributed by atoms with Gasteiger partial charge in [-0.3, -0.25) is 9.59 Å². The second-order valence-corrected chi connectivity index (χ2v) is 4.74. The summed E-state index contributed by atoms with van der Waals surface area (Å²) in [4.78, 5) is 23.1. The molecular weight excluding hydrogens is 266 g/mol. The summed E-state index contributed by atoms with van der Waals surface area (Å²) in [6, 6.07) is 11.6. The van der Waals surface area contributed by atoms with Crippen LogP contribution in [0.15, 0.2) is 36.4 Å². The first-order chi connectivity index (χ1) is 10.2. The first-order valence-corrected chi connectivity index (χ1v) is 6.99. The number of carbonyl (C=O) groups excluding carboxylic acids is 2. The molecule has 0 aliphatic heterocycles. The van der Waals surface area contributed by atoms with Crippen LogP contribution in [0.3, 0.4) is 0 Å². The number of rotatable bonds is 7. The van der Waals surface area contributed by atoms with E-state index in [4.69, 9.17) is 4.74 Å². The fourth-order valence-electron chi connectivity index (χ4n) is 2.49. The Kier molecular flexibility index (Phi) is 5.06. The third-order valence-electron chi connectivity index (χ3n) is 3.49. The Hall–Kier alpha value is -2.20. The molecule has 1 aromatic carbocycles. The van der Waals surface area contributed by atoms with Gasteiger partial charge in [-0.2, -0.15) is 0 Å². The smallest absolute Gasteiger partial charge is 0.242 e. The zero-order chi connectivity index (χ0) is 15.2. The van der Waals surface area contributed by atoms with Gasteiger partial charge in [-0.1, -0.05) is 37.3 Å². The molecule has 0 bridgehead atoms. The van der Waals surface area contributed by atoms with Crippen molar-refractivity contribution in [1.82, 2.24) is 4.57 Å². The second-order valence-electron chi connectivity index (χ2n) is 4.74. The minimum absolute atomic E-state index is 0.379. The third-order valence-corrected chi connectivity index (χ3v) is 3.49. The van der Waals surface area contributed by atoms with E-state index < -0.39 is 5.78 Å². The third kappa shape index (κ3) is 3.11. The lowest BCUT2D eigenvalue weighted by Gasteiger charge is -2.11. The molecule has 4 heteroatoms. The van der Waals surface area contributed by atoms with E-state index in [1.54, 1.807) is 7.11 Å². The summed E-state index contributed by atoms with van der Waals surface area (Å²) in [5, 5.41) is 0. The van der Waals surface area contributed by atoms with Gasteiger partial charge in [-0.15, -0.1) is 0 Å². The number of aryl methyl sites for hydroxylation is 1. The molecule has 110 valence electrons. The van der Waals surface area contributed by atoms with Crippen molar-refractivity contribution in [3.8, 4) is 11.1 Å². The van der Waals surface area contributed by atoms with Crippen molar-refractivity contribution >= 4 is 12.1 Å². The van der Waals surface area contributed by atoms with Crippen molar-refractivity contribution < 1.29 is 14.3 Å². The number of aromatic nitrogens is 1. The van der Waals surface area contributed by atoms with Crippen molar-refractivity contribution in [2.45, 2.75) is 19.9 Å². The number of aldehydes is 1. The number of Topliss-reactive ketones (excluding diaryl/α,β-unsaturated/α-hetero) is 1. The number of nitrogens with zero attached hydrogens (tertiary/aromatic N) is 1. The Bertz CT molecular complexity index is 629. The average Bonchev–Trinajstić information content (AvgIpc) is 2.91. The van der Waals surface area contributed by atoms with Crippen molar-refractivity contribution in [2.75, 3.05) is 13.7 Å². The van der Waals surface area contributed by atoms with E-state index in [9.17, 15) is 9.59 Å². The lowest BCUT2D eigenvalue weighted by Crippen LogP contribution is -2.15. The van der Waals surface area contributed by atoms with Crippen LogP contribution < -0.4 is 0 Å². The Morgan fingerprint density at radius 3 is 2.57 bits per heavy atom. The summed E-state index contributed by atoms with van der Waals surface area (Å²) in [5.74, 6) is -0.496. The molecule has 0 aliphatic carbocycles. The van der Waals surface area contributed by atoms with E-state index >= 15 is 0 Å².